The quantitative estimate of drug-likeness (QED) is 0.315. The van der Waals surface area contributed by atoms with Crippen molar-refractivity contribution in [1.82, 2.24) is 14.8 Å². The first-order chi connectivity index (χ1) is 16.7. The SMILES string of the molecule is CCSc1nc2n(n1)C(c1cc(Br)c(OCc3ccc(Cl)c(Cl)c3)c(OC)c1)C(C(N)=O)=C(C)N2. The van der Waals surface area contributed by atoms with Gasteiger partial charge in [-0.05, 0) is 64.0 Å². The van der Waals surface area contributed by atoms with Crippen LogP contribution in [0.1, 0.15) is 31.0 Å². The molecular weight excluding hydrogens is 577 g/mol. The molecule has 4 rings (SSSR count). The highest BCUT2D eigenvalue weighted by molar-refractivity contribution is 9.10. The summed E-state index contributed by atoms with van der Waals surface area (Å²) >= 11 is 17.2. The highest BCUT2D eigenvalue weighted by Gasteiger charge is 2.34. The summed E-state index contributed by atoms with van der Waals surface area (Å²) in [7, 11) is 1.55. The number of anilines is 1. The van der Waals surface area contributed by atoms with Gasteiger partial charge in [-0.15, -0.1) is 5.10 Å². The Balaban J connectivity index is 1.74. The number of primary amides is 1. The molecule has 184 valence electrons. The Bertz CT molecular complexity index is 1330. The normalized spacial score (nSPS) is 15.0. The van der Waals surface area contributed by atoms with E-state index in [0.717, 1.165) is 16.9 Å². The lowest BCUT2D eigenvalue weighted by Gasteiger charge is -2.28. The maximum Gasteiger partial charge on any atom is 0.248 e. The first-order valence-electron chi connectivity index (χ1n) is 10.5. The molecule has 1 aliphatic rings. The molecule has 1 amide bonds. The highest BCUT2D eigenvalue weighted by Crippen LogP contribution is 2.43. The predicted octanol–water partition coefficient (Wildman–Crippen LogP) is 5.82. The number of aromatic nitrogens is 3. The zero-order chi connectivity index (χ0) is 25.3. The van der Waals surface area contributed by atoms with E-state index in [1.165, 1.54) is 11.8 Å². The Labute approximate surface area is 225 Å². The van der Waals surface area contributed by atoms with Crippen LogP contribution in [-0.4, -0.2) is 33.5 Å². The fourth-order valence-electron chi connectivity index (χ4n) is 3.77. The number of nitrogens with one attached hydrogen (secondary N) is 1. The van der Waals surface area contributed by atoms with E-state index < -0.39 is 11.9 Å². The summed E-state index contributed by atoms with van der Waals surface area (Å²) < 4.78 is 14.0. The number of carbonyl (C=O) groups excluding carboxylic acids is 1. The summed E-state index contributed by atoms with van der Waals surface area (Å²) in [6.07, 6.45) is 0. The van der Waals surface area contributed by atoms with Crippen molar-refractivity contribution in [3.63, 3.8) is 0 Å². The molecule has 3 aromatic rings. The topological polar surface area (TPSA) is 104 Å². The standard InChI is InChI=1S/C23H22BrCl2N5O3S/c1-4-35-23-29-22-28-11(2)18(21(27)32)19(31(22)30-23)13-8-14(24)20(17(9-13)33-3)34-10-12-5-6-15(25)16(26)7-12/h5-9,19H,4,10H2,1-3H3,(H2,27,32)(H,28,29,30). The van der Waals surface area contributed by atoms with E-state index in [1.54, 1.807) is 36.9 Å². The number of nitrogens with two attached hydrogens (primary N) is 1. The lowest BCUT2D eigenvalue weighted by Crippen LogP contribution is -2.31. The van der Waals surface area contributed by atoms with Gasteiger partial charge in [0.15, 0.2) is 11.5 Å². The van der Waals surface area contributed by atoms with Gasteiger partial charge in [0, 0.05) is 5.70 Å². The summed E-state index contributed by atoms with van der Waals surface area (Å²) in [5.74, 6) is 1.76. The van der Waals surface area contributed by atoms with E-state index in [9.17, 15) is 4.79 Å². The van der Waals surface area contributed by atoms with Gasteiger partial charge >= 0.3 is 0 Å². The Morgan fingerprint density at radius 3 is 2.71 bits per heavy atom. The van der Waals surface area contributed by atoms with Crippen LogP contribution < -0.4 is 20.5 Å². The monoisotopic (exact) mass is 597 g/mol. The van der Waals surface area contributed by atoms with Crippen LogP contribution in [0.25, 0.3) is 0 Å². The van der Waals surface area contributed by atoms with Gasteiger partial charge in [0.1, 0.15) is 12.6 Å². The van der Waals surface area contributed by atoms with Crippen molar-refractivity contribution in [2.24, 2.45) is 5.73 Å². The second-order valence-corrected chi connectivity index (χ2v) is 10.5. The van der Waals surface area contributed by atoms with Crippen LogP contribution in [0, 0.1) is 0 Å². The van der Waals surface area contributed by atoms with E-state index >= 15 is 0 Å². The van der Waals surface area contributed by atoms with Gasteiger partial charge in [0.2, 0.25) is 17.0 Å². The molecule has 0 fully saturated rings. The molecule has 8 nitrogen and oxygen atoms in total. The van der Waals surface area contributed by atoms with Gasteiger partial charge in [-0.2, -0.15) is 4.98 Å². The van der Waals surface area contributed by atoms with Crippen molar-refractivity contribution >= 4 is 62.7 Å². The molecule has 1 aromatic heterocycles. The minimum atomic E-state index is -0.600. The number of fused-ring (bicyclic) bond motifs is 1. The largest absolute Gasteiger partial charge is 0.493 e. The summed E-state index contributed by atoms with van der Waals surface area (Å²) in [5.41, 5.74) is 8.36. The average Bonchev–Trinajstić information content (AvgIpc) is 3.20. The average molecular weight is 599 g/mol. The smallest absolute Gasteiger partial charge is 0.248 e. The zero-order valence-corrected chi connectivity index (χ0v) is 23.0. The molecular formula is C23H22BrCl2N5O3S. The van der Waals surface area contributed by atoms with Crippen molar-refractivity contribution in [2.45, 2.75) is 31.7 Å². The Kier molecular flexibility index (Phi) is 7.85. The number of thioether (sulfide) groups is 1. The molecule has 0 bridgehead atoms. The number of carbonyl (C=O) groups is 1. The first kappa shape index (κ1) is 25.7. The number of halogens is 3. The van der Waals surface area contributed by atoms with Crippen LogP contribution in [0.5, 0.6) is 11.5 Å². The van der Waals surface area contributed by atoms with E-state index in [2.05, 4.69) is 31.3 Å². The van der Waals surface area contributed by atoms with Gasteiger partial charge < -0.3 is 20.5 Å². The molecule has 0 spiro atoms. The second-order valence-electron chi connectivity index (χ2n) is 7.60. The van der Waals surface area contributed by atoms with Gasteiger partial charge in [0.25, 0.3) is 0 Å². The van der Waals surface area contributed by atoms with E-state index in [0.29, 0.717) is 48.4 Å². The van der Waals surface area contributed by atoms with Crippen molar-refractivity contribution in [2.75, 3.05) is 18.2 Å². The number of hydrogen-bond acceptors (Lipinski definition) is 7. The van der Waals surface area contributed by atoms with Gasteiger partial charge in [-0.1, -0.05) is 48.0 Å². The molecule has 12 heteroatoms. The van der Waals surface area contributed by atoms with Crippen LogP contribution in [0.2, 0.25) is 10.0 Å². The number of hydrogen-bond donors (Lipinski definition) is 2. The second kappa shape index (κ2) is 10.7. The van der Waals surface area contributed by atoms with Crippen LogP contribution in [0.15, 0.2) is 51.2 Å². The number of allylic oxidation sites excluding steroid dienone is 1. The van der Waals surface area contributed by atoms with Crippen molar-refractivity contribution in [3.8, 4) is 11.5 Å². The summed E-state index contributed by atoms with van der Waals surface area (Å²) in [5, 5.41) is 9.28. The molecule has 0 saturated heterocycles. The molecule has 3 N–H and O–H groups in total. The maximum absolute atomic E-state index is 12.5. The van der Waals surface area contributed by atoms with Crippen LogP contribution in [0.4, 0.5) is 5.95 Å². The van der Waals surface area contributed by atoms with Crippen molar-refractivity contribution < 1.29 is 14.3 Å². The molecule has 2 heterocycles. The van der Waals surface area contributed by atoms with E-state index in [1.807, 2.05) is 19.1 Å². The molecule has 1 aliphatic heterocycles. The fourth-order valence-corrected chi connectivity index (χ4v) is 5.22. The third-order valence-electron chi connectivity index (χ3n) is 5.31. The lowest BCUT2D eigenvalue weighted by atomic mass is 9.95. The number of amides is 1. The summed E-state index contributed by atoms with van der Waals surface area (Å²) in [4.78, 5) is 17.0. The number of nitrogens with zero attached hydrogens (tertiary/aromatic N) is 3. The molecule has 1 atom stereocenters. The number of benzene rings is 2. The molecule has 0 radical (unpaired) electrons. The van der Waals surface area contributed by atoms with Crippen molar-refractivity contribution in [3.05, 3.63) is 67.2 Å². The Hall–Kier alpha value is -2.40. The minimum absolute atomic E-state index is 0.245. The third kappa shape index (κ3) is 5.25. The Morgan fingerprint density at radius 2 is 2.06 bits per heavy atom. The summed E-state index contributed by atoms with van der Waals surface area (Å²) in [6, 6.07) is 8.37. The van der Waals surface area contributed by atoms with Crippen LogP contribution >= 0.6 is 50.9 Å². The third-order valence-corrected chi connectivity index (χ3v) is 7.35. The molecule has 2 aromatic carbocycles. The van der Waals surface area contributed by atoms with Gasteiger partial charge in [-0.25, -0.2) is 4.68 Å². The summed E-state index contributed by atoms with van der Waals surface area (Å²) in [6.45, 7) is 4.06. The van der Waals surface area contributed by atoms with Gasteiger partial charge in [-0.3, -0.25) is 4.79 Å². The lowest BCUT2D eigenvalue weighted by molar-refractivity contribution is -0.115. The number of methoxy groups -OCH3 is 1. The van der Waals surface area contributed by atoms with Crippen molar-refractivity contribution in [1.29, 1.82) is 0 Å². The van der Waals surface area contributed by atoms with Crippen LogP contribution in [0.3, 0.4) is 0 Å². The van der Waals surface area contributed by atoms with Crippen LogP contribution in [-0.2, 0) is 11.4 Å². The predicted molar refractivity (Wildman–Crippen MR) is 142 cm³/mol. The maximum atomic E-state index is 12.5. The molecule has 1 unspecified atom stereocenters. The fraction of sp³-hybridized carbons (Fsp3) is 0.261. The number of ether oxygens (including phenoxy) is 2. The van der Waals surface area contributed by atoms with Gasteiger partial charge in [0.05, 0.1) is 27.2 Å². The number of rotatable bonds is 8. The molecule has 0 aliphatic carbocycles. The highest BCUT2D eigenvalue weighted by atomic mass is 79.9. The molecule has 35 heavy (non-hydrogen) atoms. The Morgan fingerprint density at radius 1 is 1.29 bits per heavy atom. The van der Waals surface area contributed by atoms with E-state index in [4.69, 9.17) is 38.4 Å². The minimum Gasteiger partial charge on any atom is -0.493 e. The zero-order valence-electron chi connectivity index (χ0n) is 19.1. The first-order valence-corrected chi connectivity index (χ1v) is 13.1. The molecule has 0 saturated carbocycles. The van der Waals surface area contributed by atoms with E-state index in [-0.39, 0.29) is 6.61 Å².